The van der Waals surface area contributed by atoms with Crippen molar-refractivity contribution in [2.45, 2.75) is 0 Å². The number of aromatic nitrogens is 1. The molecule has 0 unspecified atom stereocenters. The molecular formula is C12H7BrClNO. The molecule has 0 bridgehead atoms. The highest BCUT2D eigenvalue weighted by molar-refractivity contribution is 9.10. The lowest BCUT2D eigenvalue weighted by Gasteiger charge is -2.03. The van der Waals surface area contributed by atoms with E-state index in [-0.39, 0.29) is 5.15 Å². The van der Waals surface area contributed by atoms with Gasteiger partial charge in [0.1, 0.15) is 5.15 Å². The topological polar surface area (TPSA) is 30.0 Å². The molecule has 80 valence electrons. The van der Waals surface area contributed by atoms with Crippen LogP contribution in [-0.4, -0.2) is 11.3 Å². The van der Waals surface area contributed by atoms with E-state index < -0.39 is 0 Å². The molecule has 0 aliphatic carbocycles. The average molecular weight is 297 g/mol. The van der Waals surface area contributed by atoms with Crippen LogP contribution in [0.5, 0.6) is 0 Å². The van der Waals surface area contributed by atoms with Crippen LogP contribution >= 0.6 is 27.5 Å². The van der Waals surface area contributed by atoms with Crippen LogP contribution < -0.4 is 0 Å². The first-order valence-electron chi connectivity index (χ1n) is 4.57. The molecule has 0 saturated heterocycles. The van der Waals surface area contributed by atoms with Gasteiger partial charge in [-0.15, -0.1) is 0 Å². The van der Waals surface area contributed by atoms with Crippen molar-refractivity contribution >= 4 is 33.8 Å². The van der Waals surface area contributed by atoms with Gasteiger partial charge in [-0.2, -0.15) is 0 Å². The predicted octanol–water partition coefficient (Wildman–Crippen LogP) is 3.98. The molecule has 16 heavy (non-hydrogen) atoms. The molecule has 1 aromatic carbocycles. The molecule has 2 aromatic rings. The molecule has 1 aromatic heterocycles. The van der Waals surface area contributed by atoms with E-state index in [0.29, 0.717) is 11.8 Å². The Morgan fingerprint density at radius 1 is 1.19 bits per heavy atom. The number of nitrogens with zero attached hydrogens (tertiary/aromatic N) is 1. The SMILES string of the molecule is O=Cc1cc(-c2ccc(Br)cc2)cnc1Cl. The highest BCUT2D eigenvalue weighted by Gasteiger charge is 2.04. The smallest absolute Gasteiger partial charge is 0.153 e. The molecule has 2 rings (SSSR count). The second-order valence-electron chi connectivity index (χ2n) is 3.23. The average Bonchev–Trinajstić information content (AvgIpc) is 2.31. The van der Waals surface area contributed by atoms with Crippen LogP contribution in [0.3, 0.4) is 0 Å². The number of pyridine rings is 1. The zero-order chi connectivity index (χ0) is 11.5. The Bertz CT molecular complexity index is 525. The van der Waals surface area contributed by atoms with Gasteiger partial charge in [0.05, 0.1) is 5.56 Å². The Morgan fingerprint density at radius 2 is 1.88 bits per heavy atom. The number of carbonyl (C=O) groups excluding carboxylic acids is 1. The third-order valence-corrected chi connectivity index (χ3v) is 3.02. The Labute approximate surface area is 106 Å². The molecule has 0 spiro atoms. The van der Waals surface area contributed by atoms with Gasteiger partial charge in [0.2, 0.25) is 0 Å². The molecule has 2 nitrogen and oxygen atoms in total. The Kier molecular flexibility index (Phi) is 3.36. The lowest BCUT2D eigenvalue weighted by Crippen LogP contribution is -1.88. The molecule has 0 aliphatic rings. The van der Waals surface area contributed by atoms with E-state index in [1.807, 2.05) is 24.3 Å². The number of benzene rings is 1. The molecular weight excluding hydrogens is 289 g/mol. The van der Waals surface area contributed by atoms with Crippen LogP contribution in [0.15, 0.2) is 41.0 Å². The largest absolute Gasteiger partial charge is 0.298 e. The van der Waals surface area contributed by atoms with Crippen molar-refractivity contribution in [2.75, 3.05) is 0 Å². The molecule has 0 atom stereocenters. The highest BCUT2D eigenvalue weighted by Crippen LogP contribution is 2.23. The Balaban J connectivity index is 2.48. The third kappa shape index (κ3) is 2.31. The fourth-order valence-electron chi connectivity index (χ4n) is 1.35. The molecule has 0 fully saturated rings. The number of hydrogen-bond donors (Lipinski definition) is 0. The molecule has 0 aliphatic heterocycles. The van der Waals surface area contributed by atoms with Crippen molar-refractivity contribution in [1.82, 2.24) is 4.98 Å². The number of rotatable bonds is 2. The van der Waals surface area contributed by atoms with Crippen LogP contribution in [0.2, 0.25) is 5.15 Å². The maximum atomic E-state index is 10.7. The van der Waals surface area contributed by atoms with Crippen LogP contribution in [0.4, 0.5) is 0 Å². The van der Waals surface area contributed by atoms with E-state index in [4.69, 9.17) is 11.6 Å². The molecule has 4 heteroatoms. The number of hydrogen-bond acceptors (Lipinski definition) is 2. The quantitative estimate of drug-likeness (QED) is 0.620. The molecule has 0 amide bonds. The summed E-state index contributed by atoms with van der Waals surface area (Å²) in [6.45, 7) is 0. The van der Waals surface area contributed by atoms with E-state index in [1.54, 1.807) is 12.3 Å². The van der Waals surface area contributed by atoms with Crippen molar-refractivity contribution in [3.05, 3.63) is 51.7 Å². The summed E-state index contributed by atoms with van der Waals surface area (Å²) in [5.74, 6) is 0. The summed E-state index contributed by atoms with van der Waals surface area (Å²) in [6, 6.07) is 9.49. The van der Waals surface area contributed by atoms with Crippen LogP contribution in [0.1, 0.15) is 10.4 Å². The first-order chi connectivity index (χ1) is 7.70. The first-order valence-corrected chi connectivity index (χ1v) is 5.74. The van der Waals surface area contributed by atoms with E-state index in [1.165, 1.54) is 0 Å². The van der Waals surface area contributed by atoms with Crippen LogP contribution in [0.25, 0.3) is 11.1 Å². The fourth-order valence-corrected chi connectivity index (χ4v) is 1.76. The van der Waals surface area contributed by atoms with Crippen molar-refractivity contribution < 1.29 is 4.79 Å². The summed E-state index contributed by atoms with van der Waals surface area (Å²) in [5, 5.41) is 0.232. The molecule has 1 heterocycles. The minimum Gasteiger partial charge on any atom is -0.298 e. The van der Waals surface area contributed by atoms with Gasteiger partial charge in [0, 0.05) is 16.2 Å². The van der Waals surface area contributed by atoms with Gasteiger partial charge < -0.3 is 0 Å². The Morgan fingerprint density at radius 3 is 2.50 bits per heavy atom. The second kappa shape index (κ2) is 4.76. The van der Waals surface area contributed by atoms with Crippen molar-refractivity contribution in [1.29, 1.82) is 0 Å². The summed E-state index contributed by atoms with van der Waals surface area (Å²) in [6.07, 6.45) is 2.36. The lowest BCUT2D eigenvalue weighted by molar-refractivity contribution is 0.112. The molecule has 0 N–H and O–H groups in total. The van der Waals surface area contributed by atoms with Gasteiger partial charge in [0.25, 0.3) is 0 Å². The molecule has 0 saturated carbocycles. The van der Waals surface area contributed by atoms with Gasteiger partial charge >= 0.3 is 0 Å². The van der Waals surface area contributed by atoms with E-state index in [9.17, 15) is 4.79 Å². The van der Waals surface area contributed by atoms with Crippen molar-refractivity contribution in [3.63, 3.8) is 0 Å². The fraction of sp³-hybridized carbons (Fsp3) is 0. The van der Waals surface area contributed by atoms with Gasteiger partial charge in [-0.25, -0.2) is 4.98 Å². The number of carbonyl (C=O) groups is 1. The maximum absolute atomic E-state index is 10.7. The normalized spacial score (nSPS) is 10.1. The van der Waals surface area contributed by atoms with Gasteiger partial charge in [-0.05, 0) is 23.8 Å². The highest BCUT2D eigenvalue weighted by atomic mass is 79.9. The second-order valence-corrected chi connectivity index (χ2v) is 4.50. The van der Waals surface area contributed by atoms with Crippen LogP contribution in [-0.2, 0) is 0 Å². The zero-order valence-electron chi connectivity index (χ0n) is 8.15. The van der Waals surface area contributed by atoms with Gasteiger partial charge in [0.15, 0.2) is 6.29 Å². The van der Waals surface area contributed by atoms with E-state index in [2.05, 4.69) is 20.9 Å². The van der Waals surface area contributed by atoms with Gasteiger partial charge in [-0.1, -0.05) is 39.7 Å². The summed E-state index contributed by atoms with van der Waals surface area (Å²) >= 11 is 9.12. The van der Waals surface area contributed by atoms with Gasteiger partial charge in [-0.3, -0.25) is 4.79 Å². The summed E-state index contributed by atoms with van der Waals surface area (Å²) in [4.78, 5) is 14.7. The first kappa shape index (κ1) is 11.3. The Hall–Kier alpha value is -1.19. The summed E-state index contributed by atoms with van der Waals surface area (Å²) < 4.78 is 1.01. The predicted molar refractivity (Wildman–Crippen MR) is 67.8 cm³/mol. The maximum Gasteiger partial charge on any atom is 0.153 e. The van der Waals surface area contributed by atoms with Crippen molar-refractivity contribution in [2.24, 2.45) is 0 Å². The van der Waals surface area contributed by atoms with Crippen LogP contribution in [0, 0.1) is 0 Å². The van der Waals surface area contributed by atoms with E-state index >= 15 is 0 Å². The summed E-state index contributed by atoms with van der Waals surface area (Å²) in [5.41, 5.74) is 2.27. The monoisotopic (exact) mass is 295 g/mol. The lowest BCUT2D eigenvalue weighted by atomic mass is 10.1. The summed E-state index contributed by atoms with van der Waals surface area (Å²) in [7, 11) is 0. The number of aldehydes is 1. The van der Waals surface area contributed by atoms with Crippen molar-refractivity contribution in [3.8, 4) is 11.1 Å². The van der Waals surface area contributed by atoms with E-state index in [0.717, 1.165) is 15.6 Å². The third-order valence-electron chi connectivity index (χ3n) is 2.17. The number of halogens is 2. The standard InChI is InChI=1S/C12H7BrClNO/c13-11-3-1-8(2-4-11)9-5-10(7-16)12(14)15-6-9/h1-7H. The molecule has 0 radical (unpaired) electrons. The minimum absolute atomic E-state index is 0.232. The zero-order valence-corrected chi connectivity index (χ0v) is 10.5. The minimum atomic E-state index is 0.232.